The molecule has 97 valence electrons. The van der Waals surface area contributed by atoms with Crippen molar-refractivity contribution in [3.05, 3.63) is 35.9 Å². The number of rotatable bonds is 6. The predicted octanol–water partition coefficient (Wildman–Crippen LogP) is 0.468. The van der Waals surface area contributed by atoms with Gasteiger partial charge < -0.3 is 4.74 Å². The summed E-state index contributed by atoms with van der Waals surface area (Å²) >= 11 is 0. The smallest absolute Gasteiger partial charge is 0.321 e. The lowest BCUT2D eigenvalue weighted by molar-refractivity contribution is -0.143. The van der Waals surface area contributed by atoms with Crippen LogP contribution < -0.4 is 0 Å². The Morgan fingerprint density at radius 1 is 1.33 bits per heavy atom. The van der Waals surface area contributed by atoms with E-state index < -0.39 is 21.7 Å². The molecule has 0 heterocycles. The van der Waals surface area contributed by atoms with Crippen molar-refractivity contribution in [1.29, 1.82) is 0 Å². The Morgan fingerprint density at radius 3 is 2.44 bits per heavy atom. The van der Waals surface area contributed by atoms with Gasteiger partial charge in [-0.1, -0.05) is 30.3 Å². The lowest BCUT2D eigenvalue weighted by Gasteiger charge is -2.09. The molecule has 1 rings (SSSR count). The van der Waals surface area contributed by atoms with E-state index in [2.05, 4.69) is 0 Å². The average Bonchev–Trinajstić information content (AvgIpc) is 2.29. The van der Waals surface area contributed by atoms with Crippen LogP contribution in [0.4, 0.5) is 0 Å². The summed E-state index contributed by atoms with van der Waals surface area (Å²) < 4.78 is 26.5. The molecule has 1 aromatic rings. The van der Waals surface area contributed by atoms with Crippen LogP contribution in [-0.2, 0) is 24.2 Å². The molecule has 5 nitrogen and oxygen atoms in total. The highest BCUT2D eigenvalue weighted by Crippen LogP contribution is 2.14. The van der Waals surface area contributed by atoms with Crippen molar-refractivity contribution in [2.24, 2.45) is 0 Å². The normalized spacial score (nSPS) is 12.7. The van der Waals surface area contributed by atoms with E-state index in [1.807, 2.05) is 0 Å². The molecule has 0 fully saturated rings. The third-order valence-corrected chi connectivity index (χ3v) is 3.09. The second-order valence-corrected chi connectivity index (χ2v) is 6.02. The first-order chi connectivity index (χ1) is 8.44. The highest BCUT2D eigenvalue weighted by molar-refractivity contribution is 7.90. The zero-order valence-corrected chi connectivity index (χ0v) is 10.6. The molecule has 1 aromatic carbocycles. The Bertz CT molecular complexity index is 507. The Hall–Kier alpha value is -1.69. The van der Waals surface area contributed by atoms with Crippen molar-refractivity contribution < 1.29 is 22.7 Å². The van der Waals surface area contributed by atoms with Crippen LogP contribution in [0.1, 0.15) is 11.5 Å². The van der Waals surface area contributed by atoms with Crippen LogP contribution in [0.25, 0.3) is 0 Å². The highest BCUT2D eigenvalue weighted by atomic mass is 32.2. The van der Waals surface area contributed by atoms with E-state index in [4.69, 9.17) is 4.74 Å². The van der Waals surface area contributed by atoms with Gasteiger partial charge in [-0.3, -0.25) is 9.59 Å². The maximum Gasteiger partial charge on any atom is 0.321 e. The summed E-state index contributed by atoms with van der Waals surface area (Å²) in [7, 11) is -3.19. The summed E-state index contributed by atoms with van der Waals surface area (Å²) in [6.45, 7) is -0.261. The van der Waals surface area contributed by atoms with E-state index in [1.54, 1.807) is 36.6 Å². The van der Waals surface area contributed by atoms with Gasteiger partial charge in [0.05, 0.1) is 5.75 Å². The average molecular weight is 269 g/mol. The van der Waals surface area contributed by atoms with Crippen molar-refractivity contribution in [1.82, 2.24) is 0 Å². The molecule has 1 atom stereocenters. The van der Waals surface area contributed by atoms with Gasteiger partial charge in [-0.2, -0.15) is 0 Å². The van der Waals surface area contributed by atoms with Crippen LogP contribution in [0.3, 0.4) is 0 Å². The van der Waals surface area contributed by atoms with Gasteiger partial charge in [0.1, 0.15) is 12.5 Å². The molecule has 0 aliphatic heterocycles. The fourth-order valence-corrected chi connectivity index (χ4v) is 1.66. The maximum absolute atomic E-state index is 11.6. The lowest BCUT2D eigenvalue weighted by Crippen LogP contribution is -2.20. The van der Waals surface area contributed by atoms with Gasteiger partial charge in [-0.05, 0) is 5.56 Å². The molecular weight excluding hydrogens is 256 g/mol. The van der Waals surface area contributed by atoms with Crippen LogP contribution in [-0.4, -0.2) is 39.3 Å². The van der Waals surface area contributed by atoms with Crippen LogP contribution in [0.15, 0.2) is 30.3 Å². The van der Waals surface area contributed by atoms with Crippen molar-refractivity contribution in [3.8, 4) is 0 Å². The number of sulfone groups is 1. The number of ether oxygens (including phenoxy) is 1. The standard InChI is InChI=1S/C12H13O5S/c1-18(15,16)8-7-17-12(14)11(9-13)10-5-3-2-4-6-10/h2-6,11H,7-8H2,1H3. The second kappa shape index (κ2) is 6.30. The highest BCUT2D eigenvalue weighted by Gasteiger charge is 2.22. The summed E-state index contributed by atoms with van der Waals surface area (Å²) in [5.74, 6) is -2.19. The molecule has 6 heteroatoms. The lowest BCUT2D eigenvalue weighted by atomic mass is 10.0. The first-order valence-corrected chi connectivity index (χ1v) is 7.27. The number of carbonyl (C=O) groups is 1. The van der Waals surface area contributed by atoms with Gasteiger partial charge in [0.2, 0.25) is 6.29 Å². The Labute approximate surface area is 106 Å². The molecular formula is C12H13O5S. The first kappa shape index (κ1) is 14.4. The van der Waals surface area contributed by atoms with Crippen molar-refractivity contribution in [3.63, 3.8) is 0 Å². The van der Waals surface area contributed by atoms with Crippen molar-refractivity contribution in [2.75, 3.05) is 18.6 Å². The van der Waals surface area contributed by atoms with Crippen LogP contribution >= 0.6 is 0 Å². The molecule has 0 amide bonds. The zero-order chi connectivity index (χ0) is 13.6. The maximum atomic E-state index is 11.6. The molecule has 0 aromatic heterocycles. The van der Waals surface area contributed by atoms with Gasteiger partial charge in [-0.15, -0.1) is 0 Å². The van der Waals surface area contributed by atoms with E-state index in [9.17, 15) is 18.0 Å². The van der Waals surface area contributed by atoms with Gasteiger partial charge >= 0.3 is 5.97 Å². The van der Waals surface area contributed by atoms with Crippen LogP contribution in [0.5, 0.6) is 0 Å². The zero-order valence-electron chi connectivity index (χ0n) is 9.83. The SMILES string of the molecule is CS(=O)(=O)CCOC(=O)C([C]=O)c1ccccc1. The number of esters is 1. The minimum absolute atomic E-state index is 0.261. The van der Waals surface area contributed by atoms with Crippen molar-refractivity contribution in [2.45, 2.75) is 5.92 Å². The van der Waals surface area contributed by atoms with E-state index in [1.165, 1.54) is 0 Å². The molecule has 0 N–H and O–H groups in total. The third-order valence-electron chi connectivity index (χ3n) is 2.18. The minimum atomic E-state index is -3.19. The molecule has 1 radical (unpaired) electrons. The minimum Gasteiger partial charge on any atom is -0.464 e. The third kappa shape index (κ3) is 4.67. The van der Waals surface area contributed by atoms with Crippen molar-refractivity contribution >= 4 is 22.1 Å². The molecule has 1 unspecified atom stereocenters. The van der Waals surface area contributed by atoms with E-state index >= 15 is 0 Å². The summed E-state index contributed by atoms with van der Waals surface area (Å²) in [4.78, 5) is 22.3. The number of hydrogen-bond acceptors (Lipinski definition) is 5. The Morgan fingerprint density at radius 2 is 1.94 bits per heavy atom. The summed E-state index contributed by atoms with van der Waals surface area (Å²) in [5.41, 5.74) is 0.469. The molecule has 0 saturated heterocycles. The molecule has 0 bridgehead atoms. The quantitative estimate of drug-likeness (QED) is 0.554. The topological polar surface area (TPSA) is 77.5 Å². The first-order valence-electron chi connectivity index (χ1n) is 5.21. The number of benzene rings is 1. The second-order valence-electron chi connectivity index (χ2n) is 3.76. The fourth-order valence-electron chi connectivity index (χ4n) is 1.27. The molecule has 18 heavy (non-hydrogen) atoms. The predicted molar refractivity (Wildman–Crippen MR) is 65.5 cm³/mol. The summed E-state index contributed by atoms with van der Waals surface area (Å²) in [5, 5.41) is 0. The molecule has 0 aliphatic carbocycles. The number of carbonyl (C=O) groups excluding carboxylic acids is 2. The van der Waals surface area contributed by atoms with Crippen LogP contribution in [0.2, 0.25) is 0 Å². The van der Waals surface area contributed by atoms with Gasteiger partial charge in [0.25, 0.3) is 0 Å². The van der Waals surface area contributed by atoms with Gasteiger partial charge in [-0.25, -0.2) is 8.42 Å². The largest absolute Gasteiger partial charge is 0.464 e. The van der Waals surface area contributed by atoms with Gasteiger partial charge in [0.15, 0.2) is 9.84 Å². The molecule has 0 aliphatic rings. The van der Waals surface area contributed by atoms with E-state index in [0.717, 1.165) is 6.26 Å². The monoisotopic (exact) mass is 269 g/mol. The summed E-state index contributed by atoms with van der Waals surface area (Å²) in [6.07, 6.45) is 2.63. The molecule has 0 saturated carbocycles. The molecule has 0 spiro atoms. The van der Waals surface area contributed by atoms with E-state index in [-0.39, 0.29) is 12.4 Å². The summed E-state index contributed by atoms with van der Waals surface area (Å²) in [6, 6.07) is 8.33. The van der Waals surface area contributed by atoms with E-state index in [0.29, 0.717) is 5.56 Å². The Balaban J connectivity index is 2.62. The fraction of sp³-hybridized carbons (Fsp3) is 0.333. The van der Waals surface area contributed by atoms with Gasteiger partial charge in [0, 0.05) is 6.26 Å². The Kier molecular flexibility index (Phi) is 5.03. The number of hydrogen-bond donors (Lipinski definition) is 0. The van der Waals surface area contributed by atoms with Crippen LogP contribution in [0, 0.1) is 0 Å².